The summed E-state index contributed by atoms with van der Waals surface area (Å²) in [4.78, 5) is 32.0. The lowest BCUT2D eigenvalue weighted by Crippen LogP contribution is -2.20. The summed E-state index contributed by atoms with van der Waals surface area (Å²) >= 11 is 1.66. The number of fused-ring (bicyclic) bond motifs is 2. The maximum atomic E-state index is 12.2. The first-order chi connectivity index (χ1) is 18.7. The largest absolute Gasteiger partial charge is 0.356 e. The molecule has 0 unspecified atom stereocenters. The number of amides is 1. The number of carbonyl (C=O) groups excluding carboxylic acids is 1. The van der Waals surface area contributed by atoms with E-state index in [1.54, 1.807) is 23.7 Å². The molecule has 4 N–H and O–H groups in total. The van der Waals surface area contributed by atoms with Gasteiger partial charge in [-0.15, -0.1) is 11.3 Å². The van der Waals surface area contributed by atoms with Gasteiger partial charge in [0.15, 0.2) is 0 Å². The summed E-state index contributed by atoms with van der Waals surface area (Å²) in [6.07, 6.45) is 11.0. The average molecular weight is 521 g/mol. The number of carbonyl (C=O) groups is 1. The molecule has 7 rings (SSSR count). The molecule has 0 spiro atoms. The van der Waals surface area contributed by atoms with Crippen LogP contribution in [-0.4, -0.2) is 33.2 Å². The van der Waals surface area contributed by atoms with Gasteiger partial charge in [0.05, 0.1) is 51.9 Å². The second kappa shape index (κ2) is 9.47. The molecule has 0 aromatic carbocycles. The SMILES string of the molecule is O=C(Nc1cncc(-c2cnc3c(c2)C(C2=CNc4c(ccnc4-c4cccs4)N2)=NCNC3)c1)C1CC1. The van der Waals surface area contributed by atoms with Crippen LogP contribution in [0.1, 0.15) is 24.1 Å². The van der Waals surface area contributed by atoms with Crippen LogP contribution >= 0.6 is 11.3 Å². The van der Waals surface area contributed by atoms with Crippen molar-refractivity contribution in [3.8, 4) is 21.7 Å². The lowest BCUT2D eigenvalue weighted by atomic mass is 9.99. The first-order valence-corrected chi connectivity index (χ1v) is 13.4. The first kappa shape index (κ1) is 22.8. The Kier molecular flexibility index (Phi) is 5.67. The summed E-state index contributed by atoms with van der Waals surface area (Å²) in [6, 6.07) is 10.1. The molecule has 9 nitrogen and oxygen atoms in total. The van der Waals surface area contributed by atoms with Gasteiger partial charge >= 0.3 is 0 Å². The summed E-state index contributed by atoms with van der Waals surface area (Å²) < 4.78 is 0. The Labute approximate surface area is 223 Å². The van der Waals surface area contributed by atoms with E-state index < -0.39 is 0 Å². The van der Waals surface area contributed by atoms with E-state index >= 15 is 0 Å². The molecule has 1 amide bonds. The van der Waals surface area contributed by atoms with Gasteiger partial charge in [0.2, 0.25) is 5.91 Å². The number of aromatic nitrogens is 3. The van der Waals surface area contributed by atoms with Crippen molar-refractivity contribution in [1.29, 1.82) is 0 Å². The molecule has 10 heteroatoms. The van der Waals surface area contributed by atoms with Crippen molar-refractivity contribution in [2.24, 2.45) is 10.9 Å². The number of hydrogen-bond acceptors (Lipinski definition) is 9. The molecule has 38 heavy (non-hydrogen) atoms. The minimum absolute atomic E-state index is 0.0602. The highest BCUT2D eigenvalue weighted by atomic mass is 32.1. The summed E-state index contributed by atoms with van der Waals surface area (Å²) in [5.41, 5.74) is 8.80. The quantitative estimate of drug-likeness (QED) is 0.297. The van der Waals surface area contributed by atoms with E-state index in [2.05, 4.69) is 48.7 Å². The molecule has 6 heterocycles. The standard InChI is InChI=1S/C28H24N8OS/c37-28(16-3-4-16)35-19-8-17(10-29-12-19)18-9-20-22(32-11-18)13-30-15-34-25(20)23-14-33-26-21(36-23)5-6-31-27(26)24-2-1-7-38-24/h1-2,5-12,14,16,30,33,36H,3-4,13,15H2,(H,35,37). The Bertz CT molecular complexity index is 1610. The first-order valence-electron chi connectivity index (χ1n) is 12.5. The van der Waals surface area contributed by atoms with Gasteiger partial charge in [-0.3, -0.25) is 30.1 Å². The van der Waals surface area contributed by atoms with Gasteiger partial charge in [-0.25, -0.2) is 0 Å². The van der Waals surface area contributed by atoms with E-state index in [1.165, 1.54) is 0 Å². The second-order valence-corrected chi connectivity index (χ2v) is 10.4. The Hall–Kier alpha value is -4.41. The fourth-order valence-electron chi connectivity index (χ4n) is 4.64. The normalized spacial score (nSPS) is 16.1. The van der Waals surface area contributed by atoms with Gasteiger partial charge in [0.25, 0.3) is 0 Å². The number of thiophene rings is 1. The van der Waals surface area contributed by atoms with Crippen LogP contribution in [0.2, 0.25) is 0 Å². The number of hydrogen-bond donors (Lipinski definition) is 4. The van der Waals surface area contributed by atoms with Gasteiger partial charge in [0, 0.05) is 53.9 Å². The highest BCUT2D eigenvalue weighted by Gasteiger charge is 2.29. The van der Waals surface area contributed by atoms with E-state index in [0.717, 1.165) is 68.6 Å². The van der Waals surface area contributed by atoms with E-state index in [9.17, 15) is 4.79 Å². The van der Waals surface area contributed by atoms with Gasteiger partial charge in [-0.1, -0.05) is 6.07 Å². The molecule has 1 fully saturated rings. The molecule has 0 radical (unpaired) electrons. The fraction of sp³-hybridized carbons (Fsp3) is 0.179. The molecule has 1 aliphatic carbocycles. The van der Waals surface area contributed by atoms with Gasteiger partial charge < -0.3 is 16.0 Å². The fourth-order valence-corrected chi connectivity index (χ4v) is 5.37. The number of pyridine rings is 3. The van der Waals surface area contributed by atoms with Crippen LogP contribution in [0.25, 0.3) is 21.7 Å². The predicted molar refractivity (Wildman–Crippen MR) is 150 cm³/mol. The topological polar surface area (TPSA) is 116 Å². The number of aliphatic imine (C=N–C) groups is 1. The van der Waals surface area contributed by atoms with Crippen molar-refractivity contribution >= 4 is 40.0 Å². The van der Waals surface area contributed by atoms with E-state index in [-0.39, 0.29) is 11.8 Å². The lowest BCUT2D eigenvalue weighted by Gasteiger charge is -2.23. The van der Waals surface area contributed by atoms with Crippen LogP contribution in [0.3, 0.4) is 0 Å². The monoisotopic (exact) mass is 520 g/mol. The molecule has 4 aromatic heterocycles. The third kappa shape index (κ3) is 4.33. The van der Waals surface area contributed by atoms with Crippen molar-refractivity contribution in [3.63, 3.8) is 0 Å². The van der Waals surface area contributed by atoms with E-state index in [1.807, 2.05) is 36.8 Å². The summed E-state index contributed by atoms with van der Waals surface area (Å²) in [5, 5.41) is 15.4. The van der Waals surface area contributed by atoms with Crippen molar-refractivity contribution in [2.45, 2.75) is 19.4 Å². The number of nitrogens with zero attached hydrogens (tertiary/aromatic N) is 4. The Morgan fingerprint density at radius 3 is 2.87 bits per heavy atom. The molecular weight excluding hydrogens is 496 g/mol. The number of nitrogens with one attached hydrogen (secondary N) is 4. The van der Waals surface area contributed by atoms with Crippen LogP contribution in [0, 0.1) is 5.92 Å². The van der Waals surface area contributed by atoms with Gasteiger partial charge in [0.1, 0.15) is 5.69 Å². The van der Waals surface area contributed by atoms with Crippen LogP contribution < -0.4 is 21.3 Å². The van der Waals surface area contributed by atoms with Crippen molar-refractivity contribution < 1.29 is 4.79 Å². The smallest absolute Gasteiger partial charge is 0.227 e. The molecule has 1 saturated carbocycles. The molecule has 4 aromatic rings. The summed E-state index contributed by atoms with van der Waals surface area (Å²) in [7, 11) is 0. The zero-order valence-corrected chi connectivity index (χ0v) is 21.2. The molecule has 0 bridgehead atoms. The predicted octanol–water partition coefficient (Wildman–Crippen LogP) is 4.84. The molecule has 188 valence electrons. The van der Waals surface area contributed by atoms with E-state index in [0.29, 0.717) is 18.9 Å². The third-order valence-electron chi connectivity index (χ3n) is 6.74. The van der Waals surface area contributed by atoms with Crippen LogP contribution in [0.5, 0.6) is 0 Å². The zero-order chi connectivity index (χ0) is 25.5. The molecule has 3 aliphatic rings. The van der Waals surface area contributed by atoms with Gasteiger partial charge in [-0.2, -0.15) is 0 Å². The van der Waals surface area contributed by atoms with Crippen molar-refractivity contribution in [2.75, 3.05) is 22.6 Å². The number of rotatable bonds is 5. The number of allylic oxidation sites excluding steroid dienone is 1. The molecular formula is C28H24N8OS. The Balaban J connectivity index is 1.21. The van der Waals surface area contributed by atoms with Gasteiger partial charge in [-0.05, 0) is 42.5 Å². The van der Waals surface area contributed by atoms with Crippen molar-refractivity contribution in [3.05, 3.63) is 83.7 Å². The zero-order valence-electron chi connectivity index (χ0n) is 20.4. The third-order valence-corrected chi connectivity index (χ3v) is 7.62. The summed E-state index contributed by atoms with van der Waals surface area (Å²) in [5.74, 6) is 0.191. The Morgan fingerprint density at radius 1 is 1.08 bits per heavy atom. The molecule has 2 aliphatic heterocycles. The highest BCUT2D eigenvalue weighted by molar-refractivity contribution is 7.13. The highest BCUT2D eigenvalue weighted by Crippen LogP contribution is 2.38. The Morgan fingerprint density at radius 2 is 2.00 bits per heavy atom. The number of anilines is 3. The maximum Gasteiger partial charge on any atom is 0.227 e. The summed E-state index contributed by atoms with van der Waals surface area (Å²) in [6.45, 7) is 1.09. The van der Waals surface area contributed by atoms with E-state index in [4.69, 9.17) is 9.98 Å². The lowest BCUT2D eigenvalue weighted by molar-refractivity contribution is -0.117. The van der Waals surface area contributed by atoms with Crippen LogP contribution in [0.4, 0.5) is 17.1 Å². The average Bonchev–Trinajstić information content (AvgIpc) is 3.71. The van der Waals surface area contributed by atoms with Crippen LogP contribution in [-0.2, 0) is 11.3 Å². The minimum Gasteiger partial charge on any atom is -0.356 e. The van der Waals surface area contributed by atoms with Crippen molar-refractivity contribution in [1.82, 2.24) is 20.3 Å². The minimum atomic E-state index is 0.0602. The molecule has 0 atom stereocenters. The maximum absolute atomic E-state index is 12.2. The molecule has 0 saturated heterocycles. The van der Waals surface area contributed by atoms with Crippen LogP contribution in [0.15, 0.2) is 77.4 Å². The second-order valence-electron chi connectivity index (χ2n) is 9.42.